The summed E-state index contributed by atoms with van der Waals surface area (Å²) < 4.78 is 38.9. The van der Waals surface area contributed by atoms with E-state index in [1.807, 2.05) is 0 Å². The van der Waals surface area contributed by atoms with Gasteiger partial charge in [-0.15, -0.1) is 0 Å². The summed E-state index contributed by atoms with van der Waals surface area (Å²) >= 11 is 0. The van der Waals surface area contributed by atoms with Crippen molar-refractivity contribution in [1.29, 1.82) is 0 Å². The van der Waals surface area contributed by atoms with Crippen LogP contribution >= 0.6 is 0 Å². The number of nitrogens with zero attached hydrogens (tertiary/aromatic N) is 1. The monoisotopic (exact) mass is 489 g/mol. The molecule has 2 atom stereocenters. The number of primary sulfonamides is 1. The van der Waals surface area contributed by atoms with Gasteiger partial charge in [0.2, 0.25) is 15.9 Å². The Morgan fingerprint density at radius 2 is 1.79 bits per heavy atom. The maximum atomic E-state index is 12.6. The highest BCUT2D eigenvalue weighted by molar-refractivity contribution is 7.89. The zero-order chi connectivity index (χ0) is 24.5. The molecule has 2 aliphatic rings. The molecule has 1 fully saturated rings. The molecule has 0 aliphatic carbocycles. The average molecular weight is 490 g/mol. The Balaban J connectivity index is 1.34. The number of fused-ring (bicyclic) bond motifs is 1. The Morgan fingerprint density at radius 1 is 1.12 bits per heavy atom. The quantitative estimate of drug-likeness (QED) is 0.570. The van der Waals surface area contributed by atoms with E-state index in [0.29, 0.717) is 36.1 Å². The van der Waals surface area contributed by atoms with Gasteiger partial charge in [0.05, 0.1) is 10.8 Å². The molecule has 2 aliphatic heterocycles. The summed E-state index contributed by atoms with van der Waals surface area (Å²) in [5.74, 6) is -1.12. The maximum Gasteiger partial charge on any atom is 0.312 e. The lowest BCUT2D eigenvalue weighted by Crippen LogP contribution is -2.33. The van der Waals surface area contributed by atoms with Gasteiger partial charge in [0.25, 0.3) is 5.91 Å². The third kappa shape index (κ3) is 5.13. The molecule has 2 heterocycles. The second-order valence-corrected chi connectivity index (χ2v) is 9.43. The normalized spacial score (nSPS) is 18.4. The topological polar surface area (TPSA) is 154 Å². The van der Waals surface area contributed by atoms with E-state index in [1.54, 1.807) is 18.2 Å². The minimum Gasteiger partial charge on any atom is -0.486 e. The van der Waals surface area contributed by atoms with E-state index in [1.165, 1.54) is 36.1 Å². The van der Waals surface area contributed by atoms with Gasteiger partial charge in [-0.25, -0.2) is 13.6 Å². The number of nitrogens with one attached hydrogen (secondary N) is 1. The van der Waals surface area contributed by atoms with E-state index in [-0.39, 0.29) is 23.8 Å². The second-order valence-electron chi connectivity index (χ2n) is 7.87. The molecule has 3 N–H and O–H groups in total. The van der Waals surface area contributed by atoms with Crippen LogP contribution in [-0.4, -0.2) is 52.1 Å². The van der Waals surface area contributed by atoms with Crippen molar-refractivity contribution in [2.75, 3.05) is 30.0 Å². The molecule has 2 aromatic carbocycles. The lowest BCUT2D eigenvalue weighted by atomic mass is 10.1. The number of carbonyl (C=O) groups is 3. The fourth-order valence-electron chi connectivity index (χ4n) is 3.61. The van der Waals surface area contributed by atoms with Crippen LogP contribution in [0.2, 0.25) is 0 Å². The van der Waals surface area contributed by atoms with Gasteiger partial charge in [0.15, 0.2) is 17.6 Å². The van der Waals surface area contributed by atoms with E-state index in [0.717, 1.165) is 0 Å². The molecule has 12 heteroatoms. The molecule has 0 spiro atoms. The summed E-state index contributed by atoms with van der Waals surface area (Å²) in [6, 6.07) is 10.4. The van der Waals surface area contributed by atoms with Crippen LogP contribution in [-0.2, 0) is 29.1 Å². The number of rotatable bonds is 6. The van der Waals surface area contributed by atoms with Crippen LogP contribution in [0, 0.1) is 5.92 Å². The number of ether oxygens (including phenoxy) is 3. The highest BCUT2D eigenvalue weighted by Crippen LogP contribution is 2.36. The number of carbonyl (C=O) groups excluding carboxylic acids is 3. The average Bonchev–Trinajstić information content (AvgIpc) is 3.20. The minimum atomic E-state index is -3.85. The van der Waals surface area contributed by atoms with Gasteiger partial charge in [-0.2, -0.15) is 0 Å². The zero-order valence-electron chi connectivity index (χ0n) is 18.2. The van der Waals surface area contributed by atoms with Crippen molar-refractivity contribution in [3.63, 3.8) is 0 Å². The fraction of sp³-hybridized carbons (Fsp3) is 0.318. The zero-order valence-corrected chi connectivity index (χ0v) is 19.0. The first-order valence-electron chi connectivity index (χ1n) is 10.5. The molecule has 0 saturated carbocycles. The number of amides is 2. The predicted molar refractivity (Wildman–Crippen MR) is 120 cm³/mol. The highest BCUT2D eigenvalue weighted by atomic mass is 32.2. The number of sulfonamides is 1. The first-order chi connectivity index (χ1) is 16.1. The fourth-order valence-corrected chi connectivity index (χ4v) is 4.13. The molecule has 0 unspecified atom stereocenters. The Hall–Kier alpha value is -3.64. The first kappa shape index (κ1) is 23.5. The van der Waals surface area contributed by atoms with Crippen LogP contribution in [0.3, 0.4) is 0 Å². The number of benzene rings is 2. The molecular formula is C22H23N3O8S. The van der Waals surface area contributed by atoms with Crippen LogP contribution in [0.5, 0.6) is 11.5 Å². The number of esters is 1. The summed E-state index contributed by atoms with van der Waals surface area (Å²) in [6.07, 6.45) is -1.18. The van der Waals surface area contributed by atoms with Crippen molar-refractivity contribution in [3.05, 3.63) is 42.5 Å². The van der Waals surface area contributed by atoms with E-state index < -0.39 is 33.9 Å². The van der Waals surface area contributed by atoms with Crippen LogP contribution in [0.15, 0.2) is 47.4 Å². The summed E-state index contributed by atoms with van der Waals surface area (Å²) in [7, 11) is -3.85. The first-order valence-corrected chi connectivity index (χ1v) is 12.0. The van der Waals surface area contributed by atoms with Crippen molar-refractivity contribution >= 4 is 39.2 Å². The molecule has 0 aromatic heterocycles. The van der Waals surface area contributed by atoms with Crippen molar-refractivity contribution in [2.24, 2.45) is 11.1 Å². The molecule has 4 rings (SSSR count). The summed E-state index contributed by atoms with van der Waals surface area (Å²) in [4.78, 5) is 38.9. The molecular weight excluding hydrogens is 466 g/mol. The van der Waals surface area contributed by atoms with E-state index >= 15 is 0 Å². The molecule has 2 amide bonds. The van der Waals surface area contributed by atoms with Crippen LogP contribution in [0.4, 0.5) is 11.4 Å². The Labute approximate surface area is 195 Å². The molecule has 0 radical (unpaired) electrons. The van der Waals surface area contributed by atoms with Gasteiger partial charge in [0.1, 0.15) is 13.2 Å². The lowest BCUT2D eigenvalue weighted by Gasteiger charge is -2.22. The third-order valence-corrected chi connectivity index (χ3v) is 6.34. The maximum absolute atomic E-state index is 12.6. The number of hydrogen-bond donors (Lipinski definition) is 2. The van der Waals surface area contributed by atoms with Gasteiger partial charge < -0.3 is 24.4 Å². The number of anilines is 2. The standard InChI is InChI=1S/C22H23N3O8S/c1-13(21(27)24-15-2-5-17(6-3-15)34(23,29)30)33-22(28)14-10-20(26)25(12-14)16-4-7-18-19(11-16)32-9-8-31-18/h2-7,11,13-14H,8-10,12H2,1H3,(H,24,27)(H2,23,29,30)/t13-,14-/m1/s1. The largest absolute Gasteiger partial charge is 0.486 e. The SMILES string of the molecule is C[C@@H](OC(=O)[C@@H]1CC(=O)N(c2ccc3c(c2)OCCO3)C1)C(=O)Nc1ccc(S(N)(=O)=O)cc1. The van der Waals surface area contributed by atoms with E-state index in [2.05, 4.69) is 5.32 Å². The summed E-state index contributed by atoms with van der Waals surface area (Å²) in [5.41, 5.74) is 0.888. The van der Waals surface area contributed by atoms with Crippen LogP contribution < -0.4 is 24.8 Å². The molecule has 0 bridgehead atoms. The number of nitrogens with two attached hydrogens (primary N) is 1. The third-order valence-electron chi connectivity index (χ3n) is 5.41. The molecule has 2 aromatic rings. The van der Waals surface area contributed by atoms with Gasteiger partial charge >= 0.3 is 5.97 Å². The van der Waals surface area contributed by atoms with Crippen molar-refractivity contribution in [1.82, 2.24) is 0 Å². The van der Waals surface area contributed by atoms with Gasteiger partial charge in [-0.05, 0) is 43.3 Å². The van der Waals surface area contributed by atoms with Crippen molar-refractivity contribution in [3.8, 4) is 11.5 Å². The number of hydrogen-bond acceptors (Lipinski definition) is 8. The minimum absolute atomic E-state index is 0.0450. The predicted octanol–water partition coefficient (Wildman–Crippen LogP) is 1.03. The summed E-state index contributed by atoms with van der Waals surface area (Å²) in [5, 5.41) is 7.58. The highest BCUT2D eigenvalue weighted by Gasteiger charge is 2.37. The Bertz CT molecular complexity index is 1230. The second kappa shape index (κ2) is 9.31. The Morgan fingerprint density at radius 3 is 2.47 bits per heavy atom. The molecule has 11 nitrogen and oxygen atoms in total. The van der Waals surface area contributed by atoms with Crippen LogP contribution in [0.1, 0.15) is 13.3 Å². The molecule has 34 heavy (non-hydrogen) atoms. The van der Waals surface area contributed by atoms with Crippen LogP contribution in [0.25, 0.3) is 0 Å². The van der Waals surface area contributed by atoms with E-state index in [9.17, 15) is 22.8 Å². The van der Waals surface area contributed by atoms with E-state index in [4.69, 9.17) is 19.3 Å². The molecule has 180 valence electrons. The molecule has 1 saturated heterocycles. The smallest absolute Gasteiger partial charge is 0.312 e. The van der Waals surface area contributed by atoms with Crippen molar-refractivity contribution in [2.45, 2.75) is 24.3 Å². The van der Waals surface area contributed by atoms with Gasteiger partial charge in [-0.1, -0.05) is 0 Å². The lowest BCUT2D eigenvalue weighted by molar-refractivity contribution is -0.157. The Kier molecular flexibility index (Phi) is 6.44. The van der Waals surface area contributed by atoms with Gasteiger partial charge in [0, 0.05) is 30.4 Å². The van der Waals surface area contributed by atoms with Gasteiger partial charge in [-0.3, -0.25) is 14.4 Å². The summed E-state index contributed by atoms with van der Waals surface area (Å²) in [6.45, 7) is 2.38. The van der Waals surface area contributed by atoms with Crippen molar-refractivity contribution < 1.29 is 37.0 Å².